The summed E-state index contributed by atoms with van der Waals surface area (Å²) in [6.07, 6.45) is 0. The SMILES string of the molecule is COc1cccc(C(=O)C2C(c3cccc(C)c3)C2(C#N)C#N)c1. The second-order valence-electron chi connectivity index (χ2n) is 6.06. The Balaban J connectivity index is 2.01. The largest absolute Gasteiger partial charge is 0.497 e. The average Bonchev–Trinajstić information content (AvgIpc) is 3.30. The molecule has 1 fully saturated rings. The first-order chi connectivity index (χ1) is 11.6. The normalized spacial score (nSPS) is 20.5. The summed E-state index contributed by atoms with van der Waals surface area (Å²) in [6, 6.07) is 18.6. The van der Waals surface area contributed by atoms with E-state index >= 15 is 0 Å². The number of ketones is 1. The number of hydrogen-bond donors (Lipinski definition) is 0. The molecule has 0 radical (unpaired) electrons. The van der Waals surface area contributed by atoms with Crippen LogP contribution in [0, 0.1) is 40.9 Å². The maximum atomic E-state index is 12.9. The summed E-state index contributed by atoms with van der Waals surface area (Å²) in [5.74, 6) is -0.663. The van der Waals surface area contributed by atoms with Crippen LogP contribution in [0.3, 0.4) is 0 Å². The summed E-state index contributed by atoms with van der Waals surface area (Å²) >= 11 is 0. The lowest BCUT2D eigenvalue weighted by molar-refractivity contribution is 0.0957. The molecule has 118 valence electrons. The predicted octanol–water partition coefficient (Wildman–Crippen LogP) is 3.63. The summed E-state index contributed by atoms with van der Waals surface area (Å²) in [6.45, 7) is 1.95. The Morgan fingerprint density at radius 2 is 1.83 bits per heavy atom. The van der Waals surface area contributed by atoms with Crippen molar-refractivity contribution in [3.63, 3.8) is 0 Å². The molecule has 2 aromatic carbocycles. The molecule has 0 saturated heterocycles. The van der Waals surface area contributed by atoms with Crippen LogP contribution >= 0.6 is 0 Å². The number of carbonyl (C=O) groups is 1. The lowest BCUT2D eigenvalue weighted by Gasteiger charge is -2.04. The van der Waals surface area contributed by atoms with Crippen molar-refractivity contribution in [3.8, 4) is 17.9 Å². The summed E-state index contributed by atoms with van der Waals surface area (Å²) in [5, 5.41) is 19.2. The molecule has 1 aliphatic rings. The third-order valence-electron chi connectivity index (χ3n) is 4.61. The highest BCUT2D eigenvalue weighted by molar-refractivity contribution is 6.02. The molecule has 0 heterocycles. The van der Waals surface area contributed by atoms with E-state index in [1.807, 2.05) is 31.2 Å². The maximum Gasteiger partial charge on any atom is 0.169 e. The summed E-state index contributed by atoms with van der Waals surface area (Å²) in [5.41, 5.74) is 1.06. The average molecular weight is 316 g/mol. The number of hydrogen-bond acceptors (Lipinski definition) is 4. The van der Waals surface area contributed by atoms with Crippen molar-refractivity contribution in [2.24, 2.45) is 11.3 Å². The number of benzene rings is 2. The minimum atomic E-state index is -1.30. The number of aryl methyl sites for hydroxylation is 1. The summed E-state index contributed by atoms with van der Waals surface area (Å²) < 4.78 is 5.15. The standard InChI is InChI=1S/C20H16N2O2/c1-13-5-3-6-14(9-13)17-18(20(17,11-21)12-22)19(23)15-7-4-8-16(10-15)24-2/h3-10,17-18H,1-2H3. The quantitative estimate of drug-likeness (QED) is 0.807. The molecule has 2 aromatic rings. The summed E-state index contributed by atoms with van der Waals surface area (Å²) in [7, 11) is 1.53. The predicted molar refractivity (Wildman–Crippen MR) is 88.4 cm³/mol. The Kier molecular flexibility index (Phi) is 3.83. The highest BCUT2D eigenvalue weighted by Gasteiger charge is 2.70. The summed E-state index contributed by atoms with van der Waals surface area (Å²) in [4.78, 5) is 12.9. The van der Waals surface area contributed by atoms with Crippen LogP contribution in [0.5, 0.6) is 5.75 Å². The van der Waals surface area contributed by atoms with Crippen molar-refractivity contribution < 1.29 is 9.53 Å². The fourth-order valence-corrected chi connectivity index (χ4v) is 3.32. The van der Waals surface area contributed by atoms with Gasteiger partial charge in [0.05, 0.1) is 25.2 Å². The van der Waals surface area contributed by atoms with Gasteiger partial charge in [-0.1, -0.05) is 42.0 Å². The molecule has 0 aliphatic heterocycles. The molecule has 0 spiro atoms. The molecule has 2 unspecified atom stereocenters. The zero-order valence-electron chi connectivity index (χ0n) is 13.5. The van der Waals surface area contributed by atoms with E-state index < -0.39 is 17.3 Å². The van der Waals surface area contributed by atoms with Crippen LogP contribution in [0.1, 0.15) is 27.4 Å². The molecule has 24 heavy (non-hydrogen) atoms. The van der Waals surface area contributed by atoms with Gasteiger partial charge < -0.3 is 4.74 Å². The van der Waals surface area contributed by atoms with Crippen molar-refractivity contribution in [2.45, 2.75) is 12.8 Å². The Hall–Kier alpha value is -3.11. The fourth-order valence-electron chi connectivity index (χ4n) is 3.32. The van der Waals surface area contributed by atoms with Crippen LogP contribution in [0.2, 0.25) is 0 Å². The van der Waals surface area contributed by atoms with E-state index in [0.29, 0.717) is 11.3 Å². The van der Waals surface area contributed by atoms with Crippen molar-refractivity contribution in [1.29, 1.82) is 10.5 Å². The van der Waals surface area contributed by atoms with Gasteiger partial charge in [0.25, 0.3) is 0 Å². The fraction of sp³-hybridized carbons (Fsp3) is 0.250. The van der Waals surface area contributed by atoms with Crippen LogP contribution in [-0.4, -0.2) is 12.9 Å². The van der Waals surface area contributed by atoms with Gasteiger partial charge >= 0.3 is 0 Å². The molecule has 3 rings (SSSR count). The topological polar surface area (TPSA) is 73.9 Å². The van der Waals surface area contributed by atoms with Gasteiger partial charge in [0.15, 0.2) is 11.2 Å². The molecule has 4 nitrogen and oxygen atoms in total. The molecule has 0 bridgehead atoms. The molecule has 0 aromatic heterocycles. The Morgan fingerprint density at radius 3 is 2.46 bits per heavy atom. The third kappa shape index (κ3) is 2.33. The first-order valence-corrected chi connectivity index (χ1v) is 7.64. The Bertz CT molecular complexity index is 875. The monoisotopic (exact) mass is 316 g/mol. The second kappa shape index (κ2) is 5.83. The number of carbonyl (C=O) groups excluding carboxylic acids is 1. The van der Waals surface area contributed by atoms with E-state index in [1.165, 1.54) is 7.11 Å². The first kappa shape index (κ1) is 15.8. The van der Waals surface area contributed by atoms with Crippen LogP contribution in [0.25, 0.3) is 0 Å². The highest BCUT2D eigenvalue weighted by atomic mass is 16.5. The number of nitrogens with zero attached hydrogens (tertiary/aromatic N) is 2. The van der Waals surface area contributed by atoms with Crippen LogP contribution in [0.15, 0.2) is 48.5 Å². The lowest BCUT2D eigenvalue weighted by Crippen LogP contribution is -2.08. The van der Waals surface area contributed by atoms with Crippen molar-refractivity contribution >= 4 is 5.78 Å². The molecule has 1 saturated carbocycles. The minimum Gasteiger partial charge on any atom is -0.497 e. The number of rotatable bonds is 4. The molecular formula is C20H16N2O2. The van der Waals surface area contributed by atoms with Crippen molar-refractivity contribution in [3.05, 3.63) is 65.2 Å². The Morgan fingerprint density at radius 1 is 1.12 bits per heavy atom. The zero-order chi connectivity index (χ0) is 17.3. The number of Topliss-reactive ketones (excluding diaryl/α,β-unsaturated/α-hetero) is 1. The number of ether oxygens (including phenoxy) is 1. The molecule has 0 amide bonds. The maximum absolute atomic E-state index is 12.9. The van der Waals surface area contributed by atoms with E-state index in [9.17, 15) is 15.3 Å². The second-order valence-corrected chi connectivity index (χ2v) is 6.06. The molecular weight excluding hydrogens is 300 g/mol. The van der Waals surface area contributed by atoms with Crippen LogP contribution in [0.4, 0.5) is 0 Å². The zero-order valence-corrected chi connectivity index (χ0v) is 13.5. The smallest absolute Gasteiger partial charge is 0.169 e. The van der Waals surface area contributed by atoms with E-state index in [1.54, 1.807) is 24.3 Å². The highest BCUT2D eigenvalue weighted by Crippen LogP contribution is 2.65. The van der Waals surface area contributed by atoms with E-state index in [0.717, 1.165) is 11.1 Å². The van der Waals surface area contributed by atoms with Gasteiger partial charge in [-0.3, -0.25) is 4.79 Å². The molecule has 4 heteroatoms. The Labute approximate surface area is 140 Å². The van der Waals surface area contributed by atoms with Gasteiger partial charge in [-0.2, -0.15) is 10.5 Å². The van der Waals surface area contributed by atoms with Gasteiger partial charge in [0.1, 0.15) is 5.75 Å². The van der Waals surface area contributed by atoms with Gasteiger partial charge in [0.2, 0.25) is 0 Å². The molecule has 0 N–H and O–H groups in total. The number of methoxy groups -OCH3 is 1. The van der Waals surface area contributed by atoms with Crippen molar-refractivity contribution in [1.82, 2.24) is 0 Å². The van der Waals surface area contributed by atoms with E-state index in [-0.39, 0.29) is 5.78 Å². The van der Waals surface area contributed by atoms with E-state index in [2.05, 4.69) is 12.1 Å². The number of nitriles is 2. The van der Waals surface area contributed by atoms with Crippen LogP contribution < -0.4 is 4.74 Å². The van der Waals surface area contributed by atoms with Gasteiger partial charge in [-0.15, -0.1) is 0 Å². The molecule has 1 aliphatic carbocycles. The van der Waals surface area contributed by atoms with Crippen LogP contribution in [-0.2, 0) is 0 Å². The van der Waals surface area contributed by atoms with Gasteiger partial charge in [-0.25, -0.2) is 0 Å². The van der Waals surface area contributed by atoms with E-state index in [4.69, 9.17) is 4.74 Å². The van der Waals surface area contributed by atoms with Crippen molar-refractivity contribution in [2.75, 3.05) is 7.11 Å². The van der Waals surface area contributed by atoms with Gasteiger partial charge in [-0.05, 0) is 24.6 Å². The minimum absolute atomic E-state index is 0.191. The molecule has 2 atom stereocenters. The lowest BCUT2D eigenvalue weighted by atomic mass is 10.00. The third-order valence-corrected chi connectivity index (χ3v) is 4.61. The first-order valence-electron chi connectivity index (χ1n) is 7.64. The van der Waals surface area contributed by atoms with Gasteiger partial charge in [0, 0.05) is 11.5 Å².